The molecule has 0 radical (unpaired) electrons. The van der Waals surface area contributed by atoms with Crippen molar-refractivity contribution in [3.8, 4) is 11.5 Å². The minimum Gasteiger partial charge on any atom is -0.483 e. The summed E-state index contributed by atoms with van der Waals surface area (Å²) in [6.45, 7) is 3.64. The van der Waals surface area contributed by atoms with Gasteiger partial charge >= 0.3 is 0 Å². The Morgan fingerprint density at radius 3 is 2.52 bits per heavy atom. The van der Waals surface area contributed by atoms with Crippen LogP contribution in [0.15, 0.2) is 42.5 Å². The van der Waals surface area contributed by atoms with Gasteiger partial charge < -0.3 is 9.47 Å². The predicted molar refractivity (Wildman–Crippen MR) is 92.3 cm³/mol. The standard InChI is InChI=1S/C19H20N2O4/c1-12-6-5-7-13(2)18(12)24-11-17(22)20-21-19(23)16-10-14-8-3-4-9-15(14)25-16/h3-9,16H,10-11H2,1-2H3,(H,20,22)(H,21,23)/t16-/m0/s1. The number of hydrogen-bond acceptors (Lipinski definition) is 4. The van der Waals surface area contributed by atoms with Crippen molar-refractivity contribution in [3.05, 3.63) is 59.2 Å². The van der Waals surface area contributed by atoms with Crippen LogP contribution in [-0.4, -0.2) is 24.5 Å². The molecule has 1 heterocycles. The molecule has 2 N–H and O–H groups in total. The van der Waals surface area contributed by atoms with Gasteiger partial charge in [0, 0.05) is 6.42 Å². The molecule has 1 aliphatic heterocycles. The first kappa shape index (κ1) is 16.8. The number of para-hydroxylation sites is 2. The van der Waals surface area contributed by atoms with Crippen LogP contribution < -0.4 is 20.3 Å². The molecule has 2 amide bonds. The maximum Gasteiger partial charge on any atom is 0.279 e. The minimum absolute atomic E-state index is 0.183. The Morgan fingerprint density at radius 2 is 1.80 bits per heavy atom. The van der Waals surface area contributed by atoms with Crippen LogP contribution in [0.1, 0.15) is 16.7 Å². The zero-order valence-electron chi connectivity index (χ0n) is 14.2. The maximum atomic E-state index is 12.1. The normalized spacial score (nSPS) is 15.0. The Bertz CT molecular complexity index is 759. The molecule has 2 aromatic carbocycles. The van der Waals surface area contributed by atoms with Crippen molar-refractivity contribution in [2.45, 2.75) is 26.4 Å². The van der Waals surface area contributed by atoms with E-state index in [4.69, 9.17) is 9.47 Å². The fraction of sp³-hybridized carbons (Fsp3) is 0.263. The van der Waals surface area contributed by atoms with Gasteiger partial charge in [-0.2, -0.15) is 0 Å². The average Bonchev–Trinajstić information content (AvgIpc) is 3.03. The summed E-state index contributed by atoms with van der Waals surface area (Å²) in [6.07, 6.45) is -0.159. The molecule has 0 spiro atoms. The van der Waals surface area contributed by atoms with E-state index < -0.39 is 17.9 Å². The molecular weight excluding hydrogens is 320 g/mol. The highest BCUT2D eigenvalue weighted by Gasteiger charge is 2.28. The Balaban J connectivity index is 1.46. The van der Waals surface area contributed by atoms with E-state index in [2.05, 4.69) is 10.9 Å². The number of hydrogen-bond donors (Lipinski definition) is 2. The quantitative estimate of drug-likeness (QED) is 0.833. The monoisotopic (exact) mass is 340 g/mol. The lowest BCUT2D eigenvalue weighted by Gasteiger charge is -2.14. The summed E-state index contributed by atoms with van der Waals surface area (Å²) >= 11 is 0. The summed E-state index contributed by atoms with van der Waals surface area (Å²) < 4.78 is 11.1. The van der Waals surface area contributed by atoms with Crippen molar-refractivity contribution in [3.63, 3.8) is 0 Å². The van der Waals surface area contributed by atoms with E-state index in [1.807, 2.05) is 56.3 Å². The van der Waals surface area contributed by atoms with E-state index in [1.54, 1.807) is 0 Å². The van der Waals surface area contributed by atoms with Gasteiger partial charge in [-0.25, -0.2) is 0 Å². The highest BCUT2D eigenvalue weighted by atomic mass is 16.5. The topological polar surface area (TPSA) is 76.7 Å². The summed E-state index contributed by atoms with van der Waals surface area (Å²) in [4.78, 5) is 24.0. The van der Waals surface area contributed by atoms with Crippen molar-refractivity contribution in [2.24, 2.45) is 0 Å². The number of benzene rings is 2. The van der Waals surface area contributed by atoms with E-state index in [-0.39, 0.29) is 6.61 Å². The van der Waals surface area contributed by atoms with Crippen LogP contribution >= 0.6 is 0 Å². The molecule has 6 nitrogen and oxygen atoms in total. The molecule has 130 valence electrons. The largest absolute Gasteiger partial charge is 0.483 e. The van der Waals surface area contributed by atoms with E-state index in [9.17, 15) is 9.59 Å². The Kier molecular flexibility index (Phi) is 4.88. The second-order valence-corrected chi connectivity index (χ2v) is 5.97. The second-order valence-electron chi connectivity index (χ2n) is 5.97. The van der Waals surface area contributed by atoms with Crippen LogP contribution in [0.4, 0.5) is 0 Å². The third-order valence-corrected chi connectivity index (χ3v) is 4.02. The molecular formula is C19H20N2O4. The minimum atomic E-state index is -0.641. The van der Waals surface area contributed by atoms with Gasteiger partial charge in [-0.1, -0.05) is 36.4 Å². The molecule has 0 aliphatic carbocycles. The second kappa shape index (κ2) is 7.25. The highest BCUT2D eigenvalue weighted by molar-refractivity contribution is 5.86. The molecule has 0 fully saturated rings. The van der Waals surface area contributed by atoms with Crippen LogP contribution in [0.3, 0.4) is 0 Å². The number of nitrogens with one attached hydrogen (secondary N) is 2. The molecule has 0 aromatic heterocycles. The Hall–Kier alpha value is -3.02. The lowest BCUT2D eigenvalue weighted by Crippen LogP contribution is -2.49. The third-order valence-electron chi connectivity index (χ3n) is 4.02. The molecule has 3 rings (SSSR count). The van der Waals surface area contributed by atoms with Crippen molar-refractivity contribution in [1.29, 1.82) is 0 Å². The van der Waals surface area contributed by atoms with Crippen LogP contribution in [0, 0.1) is 13.8 Å². The molecule has 0 bridgehead atoms. The molecule has 0 saturated carbocycles. The smallest absolute Gasteiger partial charge is 0.279 e. The lowest BCUT2D eigenvalue weighted by molar-refractivity contribution is -0.133. The van der Waals surface area contributed by atoms with Gasteiger partial charge in [0.2, 0.25) is 0 Å². The van der Waals surface area contributed by atoms with E-state index in [0.717, 1.165) is 16.7 Å². The van der Waals surface area contributed by atoms with Crippen molar-refractivity contribution in [1.82, 2.24) is 10.9 Å². The molecule has 1 atom stereocenters. The molecule has 2 aromatic rings. The molecule has 0 saturated heterocycles. The SMILES string of the molecule is Cc1cccc(C)c1OCC(=O)NNC(=O)[C@@H]1Cc2ccccc2O1. The summed E-state index contributed by atoms with van der Waals surface area (Å²) in [5, 5.41) is 0. The van der Waals surface area contributed by atoms with Crippen LogP contribution in [0.5, 0.6) is 11.5 Å². The summed E-state index contributed by atoms with van der Waals surface area (Å²) in [6, 6.07) is 13.2. The number of carbonyl (C=O) groups excluding carboxylic acids is 2. The highest BCUT2D eigenvalue weighted by Crippen LogP contribution is 2.28. The molecule has 6 heteroatoms. The van der Waals surface area contributed by atoms with Gasteiger partial charge in [0.15, 0.2) is 12.7 Å². The summed E-state index contributed by atoms with van der Waals surface area (Å²) in [5.74, 6) is 0.550. The van der Waals surface area contributed by atoms with E-state index in [0.29, 0.717) is 17.9 Å². The van der Waals surface area contributed by atoms with Crippen molar-refractivity contribution >= 4 is 11.8 Å². The van der Waals surface area contributed by atoms with Gasteiger partial charge in [-0.3, -0.25) is 20.4 Å². The number of hydrazine groups is 1. The summed E-state index contributed by atoms with van der Waals surface area (Å²) in [5.41, 5.74) is 7.62. The van der Waals surface area contributed by atoms with E-state index in [1.165, 1.54) is 0 Å². The molecule has 1 aliphatic rings. The fourth-order valence-corrected chi connectivity index (χ4v) is 2.74. The Labute approximate surface area is 146 Å². The van der Waals surface area contributed by atoms with Crippen molar-refractivity contribution in [2.75, 3.05) is 6.61 Å². The number of fused-ring (bicyclic) bond motifs is 1. The van der Waals surface area contributed by atoms with Crippen molar-refractivity contribution < 1.29 is 19.1 Å². The summed E-state index contributed by atoms with van der Waals surface area (Å²) in [7, 11) is 0. The number of rotatable bonds is 4. The first-order chi connectivity index (χ1) is 12.0. The number of ether oxygens (including phenoxy) is 2. The predicted octanol–water partition coefficient (Wildman–Crippen LogP) is 1.83. The lowest BCUT2D eigenvalue weighted by atomic mass is 10.1. The zero-order valence-corrected chi connectivity index (χ0v) is 14.2. The van der Waals surface area contributed by atoms with Gasteiger partial charge in [0.05, 0.1) is 0 Å². The van der Waals surface area contributed by atoms with Crippen LogP contribution in [0.25, 0.3) is 0 Å². The molecule has 25 heavy (non-hydrogen) atoms. The number of aryl methyl sites for hydroxylation is 2. The third kappa shape index (κ3) is 3.91. The van der Waals surface area contributed by atoms with Gasteiger partial charge in [-0.05, 0) is 36.6 Å². The Morgan fingerprint density at radius 1 is 1.08 bits per heavy atom. The van der Waals surface area contributed by atoms with Gasteiger partial charge in [-0.15, -0.1) is 0 Å². The number of carbonyl (C=O) groups is 2. The first-order valence-corrected chi connectivity index (χ1v) is 8.07. The van der Waals surface area contributed by atoms with E-state index >= 15 is 0 Å². The number of amides is 2. The van der Waals surface area contributed by atoms with Gasteiger partial charge in [0.25, 0.3) is 11.8 Å². The van der Waals surface area contributed by atoms with Crippen LogP contribution in [-0.2, 0) is 16.0 Å². The van der Waals surface area contributed by atoms with Gasteiger partial charge in [0.1, 0.15) is 11.5 Å². The maximum absolute atomic E-state index is 12.1. The average molecular weight is 340 g/mol. The molecule has 0 unspecified atom stereocenters. The fourth-order valence-electron chi connectivity index (χ4n) is 2.74. The van der Waals surface area contributed by atoms with Crippen LogP contribution in [0.2, 0.25) is 0 Å². The zero-order chi connectivity index (χ0) is 17.8. The first-order valence-electron chi connectivity index (χ1n) is 8.07.